The van der Waals surface area contributed by atoms with Gasteiger partial charge in [0.2, 0.25) is 0 Å². The average molecular weight is 331 g/mol. The minimum absolute atomic E-state index is 0.259. The van der Waals surface area contributed by atoms with Crippen LogP contribution < -0.4 is 5.32 Å². The average Bonchev–Trinajstić information content (AvgIpc) is 2.46. The fraction of sp³-hybridized carbons (Fsp3) is 0.0667. The summed E-state index contributed by atoms with van der Waals surface area (Å²) in [6, 6.07) is 14.2. The first kappa shape index (κ1) is 14.1. The number of nitrogens with zero attached hydrogens (tertiary/aromatic N) is 1. The molecular formula is C15H11BrN2O2. The Hall–Kier alpha value is -2.32. The molecule has 0 aliphatic rings. The summed E-state index contributed by atoms with van der Waals surface area (Å²) in [7, 11) is 0. The molecule has 0 fully saturated rings. The molecule has 0 unspecified atom stereocenters. The molecule has 0 atom stereocenters. The molecule has 0 amide bonds. The zero-order valence-corrected chi connectivity index (χ0v) is 12.0. The van der Waals surface area contributed by atoms with Crippen molar-refractivity contribution in [1.82, 2.24) is 0 Å². The van der Waals surface area contributed by atoms with Crippen LogP contribution in [0.3, 0.4) is 0 Å². The molecule has 0 aliphatic heterocycles. The van der Waals surface area contributed by atoms with E-state index in [2.05, 4.69) is 27.3 Å². The Bertz CT molecular complexity index is 675. The second-order valence-corrected chi connectivity index (χ2v) is 5.07. The third kappa shape index (κ3) is 3.37. The maximum atomic E-state index is 10.8. The SMILES string of the molecule is N#Cc1cc(Br)ccc1NCc1ccc(C(=O)O)cc1. The van der Waals surface area contributed by atoms with Crippen molar-refractivity contribution in [3.63, 3.8) is 0 Å². The number of halogens is 1. The number of rotatable bonds is 4. The number of benzene rings is 2. The van der Waals surface area contributed by atoms with Crippen LogP contribution in [0, 0.1) is 11.3 Å². The molecule has 100 valence electrons. The summed E-state index contributed by atoms with van der Waals surface area (Å²) in [4.78, 5) is 10.8. The van der Waals surface area contributed by atoms with Crippen molar-refractivity contribution < 1.29 is 9.90 Å². The van der Waals surface area contributed by atoms with E-state index in [0.717, 1.165) is 15.7 Å². The lowest BCUT2D eigenvalue weighted by molar-refractivity contribution is 0.0697. The molecule has 0 aromatic heterocycles. The highest BCUT2D eigenvalue weighted by molar-refractivity contribution is 9.10. The van der Waals surface area contributed by atoms with Crippen molar-refractivity contribution in [1.29, 1.82) is 5.26 Å². The Balaban J connectivity index is 2.09. The van der Waals surface area contributed by atoms with Crippen molar-refractivity contribution in [3.8, 4) is 6.07 Å². The van der Waals surface area contributed by atoms with Gasteiger partial charge in [0.15, 0.2) is 0 Å². The second-order valence-electron chi connectivity index (χ2n) is 4.16. The molecule has 0 aliphatic carbocycles. The van der Waals surface area contributed by atoms with Gasteiger partial charge >= 0.3 is 5.97 Å². The number of nitrogens with one attached hydrogen (secondary N) is 1. The van der Waals surface area contributed by atoms with E-state index in [4.69, 9.17) is 10.4 Å². The molecule has 5 heteroatoms. The van der Waals surface area contributed by atoms with E-state index in [1.54, 1.807) is 30.3 Å². The predicted molar refractivity (Wildman–Crippen MR) is 79.6 cm³/mol. The third-order valence-electron chi connectivity index (χ3n) is 2.79. The van der Waals surface area contributed by atoms with Gasteiger partial charge in [-0.05, 0) is 35.9 Å². The molecule has 0 saturated carbocycles. The normalized spacial score (nSPS) is 9.80. The van der Waals surface area contributed by atoms with Gasteiger partial charge in [-0.1, -0.05) is 28.1 Å². The monoisotopic (exact) mass is 330 g/mol. The number of nitriles is 1. The summed E-state index contributed by atoms with van der Waals surface area (Å²) in [6.07, 6.45) is 0. The van der Waals surface area contributed by atoms with Crippen molar-refractivity contribution in [2.24, 2.45) is 0 Å². The van der Waals surface area contributed by atoms with Crippen LogP contribution >= 0.6 is 15.9 Å². The summed E-state index contributed by atoms with van der Waals surface area (Å²) in [6.45, 7) is 0.524. The molecule has 20 heavy (non-hydrogen) atoms. The van der Waals surface area contributed by atoms with Gasteiger partial charge in [-0.3, -0.25) is 0 Å². The van der Waals surface area contributed by atoms with Gasteiger partial charge in [0.05, 0.1) is 16.8 Å². The van der Waals surface area contributed by atoms with Crippen LogP contribution in [0.15, 0.2) is 46.9 Å². The number of anilines is 1. The van der Waals surface area contributed by atoms with E-state index in [-0.39, 0.29) is 5.56 Å². The number of hydrogen-bond donors (Lipinski definition) is 2. The molecular weight excluding hydrogens is 320 g/mol. The highest BCUT2D eigenvalue weighted by Gasteiger charge is 2.04. The Labute approximate surface area is 124 Å². The molecule has 2 aromatic carbocycles. The van der Waals surface area contributed by atoms with Crippen LogP contribution in [0.4, 0.5) is 5.69 Å². The molecule has 4 nitrogen and oxygen atoms in total. The number of carbonyl (C=O) groups is 1. The van der Waals surface area contributed by atoms with Crippen molar-refractivity contribution >= 4 is 27.6 Å². The number of carboxylic acids is 1. The smallest absolute Gasteiger partial charge is 0.335 e. The molecule has 0 bridgehead atoms. The standard InChI is InChI=1S/C15H11BrN2O2/c16-13-5-6-14(12(7-13)8-17)18-9-10-1-3-11(4-2-10)15(19)20/h1-7,18H,9H2,(H,19,20). The summed E-state index contributed by atoms with van der Waals surface area (Å²) >= 11 is 3.32. The van der Waals surface area contributed by atoms with Crippen LogP contribution in [-0.4, -0.2) is 11.1 Å². The number of aromatic carboxylic acids is 1. The quantitative estimate of drug-likeness (QED) is 0.897. The largest absolute Gasteiger partial charge is 0.478 e. The maximum Gasteiger partial charge on any atom is 0.335 e. The molecule has 0 saturated heterocycles. The summed E-state index contributed by atoms with van der Waals surface area (Å²) < 4.78 is 0.852. The van der Waals surface area contributed by atoms with Crippen LogP contribution in [-0.2, 0) is 6.54 Å². The summed E-state index contributed by atoms with van der Waals surface area (Å²) in [5.74, 6) is -0.941. The molecule has 2 aromatic rings. The Morgan fingerprint density at radius 3 is 2.55 bits per heavy atom. The Morgan fingerprint density at radius 2 is 1.95 bits per heavy atom. The van der Waals surface area contributed by atoms with Crippen LogP contribution in [0.25, 0.3) is 0 Å². The first-order valence-electron chi connectivity index (χ1n) is 5.86. The van der Waals surface area contributed by atoms with Gasteiger partial charge < -0.3 is 10.4 Å². The van der Waals surface area contributed by atoms with Gasteiger partial charge in [-0.15, -0.1) is 0 Å². The number of carboxylic acid groups (broad SMARTS) is 1. The molecule has 2 rings (SSSR count). The zero-order chi connectivity index (χ0) is 14.5. The van der Waals surface area contributed by atoms with Gasteiger partial charge in [0.1, 0.15) is 6.07 Å². The van der Waals surface area contributed by atoms with Gasteiger partial charge in [-0.2, -0.15) is 5.26 Å². The van der Waals surface area contributed by atoms with E-state index < -0.39 is 5.97 Å². The zero-order valence-electron chi connectivity index (χ0n) is 10.4. The van der Waals surface area contributed by atoms with Crippen LogP contribution in [0.2, 0.25) is 0 Å². The fourth-order valence-corrected chi connectivity index (χ4v) is 2.09. The van der Waals surface area contributed by atoms with Crippen molar-refractivity contribution in [2.45, 2.75) is 6.54 Å². The van der Waals surface area contributed by atoms with E-state index in [9.17, 15) is 4.79 Å². The van der Waals surface area contributed by atoms with Gasteiger partial charge in [0.25, 0.3) is 0 Å². The highest BCUT2D eigenvalue weighted by Crippen LogP contribution is 2.21. The number of hydrogen-bond acceptors (Lipinski definition) is 3. The third-order valence-corrected chi connectivity index (χ3v) is 3.28. The molecule has 0 radical (unpaired) electrons. The van der Waals surface area contributed by atoms with E-state index in [1.807, 2.05) is 12.1 Å². The van der Waals surface area contributed by atoms with Gasteiger partial charge in [0, 0.05) is 11.0 Å². The second kappa shape index (κ2) is 6.22. The molecule has 0 spiro atoms. The lowest BCUT2D eigenvalue weighted by atomic mass is 10.1. The predicted octanol–water partition coefficient (Wildman–Crippen LogP) is 3.63. The minimum Gasteiger partial charge on any atom is -0.478 e. The van der Waals surface area contributed by atoms with E-state index >= 15 is 0 Å². The maximum absolute atomic E-state index is 10.8. The van der Waals surface area contributed by atoms with Crippen molar-refractivity contribution in [2.75, 3.05) is 5.32 Å². The lowest BCUT2D eigenvalue weighted by Gasteiger charge is -2.09. The highest BCUT2D eigenvalue weighted by atomic mass is 79.9. The van der Waals surface area contributed by atoms with Crippen molar-refractivity contribution in [3.05, 3.63) is 63.6 Å². The Kier molecular flexibility index (Phi) is 4.38. The summed E-state index contributed by atoms with van der Waals surface area (Å²) in [5, 5.41) is 21.0. The molecule has 0 heterocycles. The molecule has 2 N–H and O–H groups in total. The first-order valence-corrected chi connectivity index (χ1v) is 6.65. The first-order chi connectivity index (χ1) is 9.60. The minimum atomic E-state index is -0.941. The van der Waals surface area contributed by atoms with E-state index in [1.165, 1.54) is 0 Å². The van der Waals surface area contributed by atoms with Gasteiger partial charge in [-0.25, -0.2) is 4.79 Å². The lowest BCUT2D eigenvalue weighted by Crippen LogP contribution is -2.02. The van der Waals surface area contributed by atoms with Crippen LogP contribution in [0.5, 0.6) is 0 Å². The fourth-order valence-electron chi connectivity index (χ4n) is 1.73. The summed E-state index contributed by atoms with van der Waals surface area (Å²) in [5.41, 5.74) is 2.51. The topological polar surface area (TPSA) is 73.1 Å². The van der Waals surface area contributed by atoms with Crippen LogP contribution in [0.1, 0.15) is 21.5 Å². The van der Waals surface area contributed by atoms with E-state index in [0.29, 0.717) is 12.1 Å². The Morgan fingerprint density at radius 1 is 1.25 bits per heavy atom.